The zero-order valence-electron chi connectivity index (χ0n) is 8.71. The van der Waals surface area contributed by atoms with Crippen molar-refractivity contribution in [3.05, 3.63) is 31.0 Å². The van der Waals surface area contributed by atoms with Gasteiger partial charge < -0.3 is 0 Å². The molecule has 0 aromatic carbocycles. The first-order chi connectivity index (χ1) is 8.10. The number of hydrogen-bond donors (Lipinski definition) is 0. The highest BCUT2D eigenvalue weighted by Crippen LogP contribution is 2.60. The second kappa shape index (κ2) is 4.12. The molecule has 1 aromatic heterocycles. The van der Waals surface area contributed by atoms with Crippen LogP contribution in [0.15, 0.2) is 17.7 Å². The monoisotopic (exact) mass is 398 g/mol. The van der Waals surface area contributed by atoms with Gasteiger partial charge in [-0.3, -0.25) is 0 Å². The van der Waals surface area contributed by atoms with Gasteiger partial charge in [-0.1, -0.05) is 0 Å². The molecule has 0 spiro atoms. The molecule has 1 aliphatic rings. The van der Waals surface area contributed by atoms with E-state index in [4.69, 9.17) is 0 Å². The second-order valence-corrected chi connectivity index (χ2v) is 7.00. The van der Waals surface area contributed by atoms with Gasteiger partial charge in [0.15, 0.2) is 5.83 Å². The molecule has 18 heavy (non-hydrogen) atoms. The first-order valence-corrected chi connectivity index (χ1v) is 6.57. The smallest absolute Gasteiger partial charge is 0.208 e. The van der Waals surface area contributed by atoms with Crippen LogP contribution in [0.2, 0.25) is 0 Å². The van der Waals surface area contributed by atoms with E-state index < -0.39 is 29.4 Å². The number of aryl methyl sites for hydroxylation is 1. The molecular weight excluding hydrogens is 393 g/mol. The topological polar surface area (TPSA) is 0 Å². The summed E-state index contributed by atoms with van der Waals surface area (Å²) < 4.78 is 79.9. The van der Waals surface area contributed by atoms with E-state index >= 15 is 0 Å². The minimum absolute atomic E-state index is 0.268. The maximum atomic E-state index is 13.5. The predicted molar refractivity (Wildman–Crippen MR) is 63.6 cm³/mol. The van der Waals surface area contributed by atoms with Crippen LogP contribution < -0.4 is 0 Å². The van der Waals surface area contributed by atoms with Crippen LogP contribution in [0.3, 0.4) is 0 Å². The van der Waals surface area contributed by atoms with E-state index in [2.05, 4.69) is 0 Å². The van der Waals surface area contributed by atoms with Gasteiger partial charge in [-0.2, -0.15) is 17.6 Å². The summed E-state index contributed by atoms with van der Waals surface area (Å²) in [6.45, 7) is 1.40. The van der Waals surface area contributed by atoms with Gasteiger partial charge in [0.05, 0.1) is 2.88 Å². The molecule has 0 saturated heterocycles. The molecule has 1 aliphatic carbocycles. The molecule has 1 unspecified atom stereocenters. The van der Waals surface area contributed by atoms with Crippen molar-refractivity contribution in [2.45, 2.75) is 24.7 Å². The number of thiophene rings is 1. The molecular formula is C10H5F6IS. The van der Waals surface area contributed by atoms with E-state index in [1.165, 1.54) is 13.0 Å². The fourth-order valence-electron chi connectivity index (χ4n) is 1.84. The third-order valence-electron chi connectivity index (χ3n) is 2.76. The van der Waals surface area contributed by atoms with E-state index in [-0.39, 0.29) is 10.4 Å². The Labute approximate surface area is 116 Å². The van der Waals surface area contributed by atoms with Crippen LogP contribution in [0, 0.1) is 9.81 Å². The lowest BCUT2D eigenvalue weighted by atomic mass is 9.94. The zero-order valence-corrected chi connectivity index (χ0v) is 11.7. The van der Waals surface area contributed by atoms with E-state index in [9.17, 15) is 26.3 Å². The van der Waals surface area contributed by atoms with Gasteiger partial charge in [-0.05, 0) is 41.1 Å². The van der Waals surface area contributed by atoms with Crippen LogP contribution in [-0.2, 0) is 0 Å². The molecule has 2 rings (SSSR count). The summed E-state index contributed by atoms with van der Waals surface area (Å²) in [5.41, 5.74) is -0.292. The molecule has 0 amide bonds. The quantitative estimate of drug-likeness (QED) is 0.452. The van der Waals surface area contributed by atoms with Crippen molar-refractivity contribution in [1.29, 1.82) is 0 Å². The normalized spacial score (nSPS) is 25.9. The first kappa shape index (κ1) is 14.2. The fraction of sp³-hybridized carbons (Fsp3) is 0.400. The fourth-order valence-corrected chi connectivity index (χ4v) is 3.94. The molecule has 0 fully saturated rings. The summed E-state index contributed by atoms with van der Waals surface area (Å²) in [5.74, 6) is -17.2. The van der Waals surface area contributed by atoms with Crippen LogP contribution in [0.5, 0.6) is 0 Å². The van der Waals surface area contributed by atoms with Gasteiger partial charge in [0.25, 0.3) is 0 Å². The minimum Gasteiger partial charge on any atom is -0.208 e. The summed E-state index contributed by atoms with van der Waals surface area (Å²) in [6.07, 6.45) is 0. The average Bonchev–Trinajstić information content (AvgIpc) is 2.60. The molecule has 1 atom stereocenters. The van der Waals surface area contributed by atoms with Gasteiger partial charge in [0.2, 0.25) is 5.83 Å². The standard InChI is InChI=1S/C10H5F6IS/c1-3-4(2-5(17)18-3)6-7(11)8(12)10(15,16)9(6,13)14/h2,6H,1H3. The average molecular weight is 398 g/mol. The van der Waals surface area contributed by atoms with Gasteiger partial charge in [-0.25, -0.2) is 8.78 Å². The van der Waals surface area contributed by atoms with Crippen LogP contribution in [0.1, 0.15) is 16.4 Å². The first-order valence-electron chi connectivity index (χ1n) is 4.67. The Morgan fingerprint density at radius 1 is 1.22 bits per heavy atom. The van der Waals surface area contributed by atoms with E-state index in [1.807, 2.05) is 0 Å². The van der Waals surface area contributed by atoms with Crippen molar-refractivity contribution in [2.24, 2.45) is 0 Å². The van der Waals surface area contributed by atoms with E-state index in [1.54, 1.807) is 22.6 Å². The lowest BCUT2D eigenvalue weighted by molar-refractivity contribution is -0.189. The Balaban J connectivity index is 2.62. The maximum Gasteiger partial charge on any atom is 0.364 e. The predicted octanol–water partition coefficient (Wildman–Crippen LogP) is 5.18. The summed E-state index contributed by atoms with van der Waals surface area (Å²) in [7, 11) is 0. The second-order valence-electron chi connectivity index (χ2n) is 3.85. The number of alkyl halides is 4. The molecule has 0 aliphatic heterocycles. The Kier molecular flexibility index (Phi) is 3.24. The van der Waals surface area contributed by atoms with Gasteiger partial charge >= 0.3 is 11.8 Å². The van der Waals surface area contributed by atoms with Gasteiger partial charge in [0.1, 0.15) is 5.92 Å². The largest absolute Gasteiger partial charge is 0.364 e. The molecule has 0 bridgehead atoms. The number of rotatable bonds is 1. The number of hydrogen-bond acceptors (Lipinski definition) is 1. The SMILES string of the molecule is Cc1sc(I)cc1C1C(F)=C(F)C(F)(F)C1(F)F. The van der Waals surface area contributed by atoms with Crippen molar-refractivity contribution in [2.75, 3.05) is 0 Å². The van der Waals surface area contributed by atoms with Crippen LogP contribution in [0.25, 0.3) is 0 Å². The van der Waals surface area contributed by atoms with Crippen molar-refractivity contribution in [3.63, 3.8) is 0 Å². The van der Waals surface area contributed by atoms with E-state index in [0.29, 0.717) is 2.88 Å². The van der Waals surface area contributed by atoms with Crippen molar-refractivity contribution in [3.8, 4) is 0 Å². The Morgan fingerprint density at radius 2 is 1.78 bits per heavy atom. The molecule has 1 aromatic rings. The maximum absolute atomic E-state index is 13.5. The summed E-state index contributed by atoms with van der Waals surface area (Å²) in [4.78, 5) is 0.268. The lowest BCUT2D eigenvalue weighted by Gasteiger charge is -2.24. The number of halogens is 7. The van der Waals surface area contributed by atoms with Crippen molar-refractivity contribution < 1.29 is 26.3 Å². The highest BCUT2D eigenvalue weighted by Gasteiger charge is 2.72. The summed E-state index contributed by atoms with van der Waals surface area (Å²) in [5, 5.41) is 0. The highest BCUT2D eigenvalue weighted by atomic mass is 127. The van der Waals surface area contributed by atoms with Gasteiger partial charge in [0, 0.05) is 4.88 Å². The molecule has 0 saturated carbocycles. The molecule has 0 radical (unpaired) electrons. The Bertz CT molecular complexity index is 532. The third kappa shape index (κ3) is 1.71. The third-order valence-corrected chi connectivity index (χ3v) is 4.58. The highest BCUT2D eigenvalue weighted by molar-refractivity contribution is 14.1. The summed E-state index contributed by atoms with van der Waals surface area (Å²) >= 11 is 2.86. The van der Waals surface area contributed by atoms with E-state index in [0.717, 1.165) is 11.3 Å². The van der Waals surface area contributed by atoms with Crippen LogP contribution >= 0.6 is 33.9 Å². The zero-order chi connectivity index (χ0) is 13.9. The minimum atomic E-state index is -5.10. The van der Waals surface area contributed by atoms with Crippen molar-refractivity contribution in [1.82, 2.24) is 0 Å². The number of allylic oxidation sites excluding steroid dienone is 2. The molecule has 100 valence electrons. The Hall–Kier alpha value is -0.250. The van der Waals surface area contributed by atoms with Gasteiger partial charge in [-0.15, -0.1) is 11.3 Å². The van der Waals surface area contributed by atoms with Crippen molar-refractivity contribution >= 4 is 33.9 Å². The Morgan fingerprint density at radius 3 is 2.11 bits per heavy atom. The lowest BCUT2D eigenvalue weighted by Crippen LogP contribution is -2.40. The molecule has 0 N–H and O–H groups in total. The molecule has 8 heteroatoms. The molecule has 1 heterocycles. The summed E-state index contributed by atoms with van der Waals surface area (Å²) in [6, 6.07) is 1.17. The van der Waals surface area contributed by atoms with Crippen LogP contribution in [-0.4, -0.2) is 11.8 Å². The molecule has 0 nitrogen and oxygen atoms in total. The van der Waals surface area contributed by atoms with Crippen LogP contribution in [0.4, 0.5) is 26.3 Å².